The zero-order chi connectivity index (χ0) is 17.0. The van der Waals surface area contributed by atoms with Gasteiger partial charge in [-0.1, -0.05) is 23.5 Å². The lowest BCUT2D eigenvalue weighted by Crippen LogP contribution is -2.40. The number of para-hydroxylation sites is 1. The van der Waals surface area contributed by atoms with Gasteiger partial charge in [-0.2, -0.15) is 25.3 Å². The van der Waals surface area contributed by atoms with E-state index >= 15 is 0 Å². The van der Waals surface area contributed by atoms with E-state index < -0.39 is 6.09 Å². The molecule has 2 rings (SSSR count). The smallest absolute Gasteiger partial charge is 0.411 e. The molecule has 23 heavy (non-hydrogen) atoms. The molecule has 1 amide bonds. The van der Waals surface area contributed by atoms with Crippen LogP contribution in [0.25, 0.3) is 10.2 Å². The van der Waals surface area contributed by atoms with Crippen LogP contribution in [0.5, 0.6) is 0 Å². The Balaban J connectivity index is 1.91. The van der Waals surface area contributed by atoms with Crippen molar-refractivity contribution in [2.45, 2.75) is 37.6 Å². The molecule has 2 atom stereocenters. The number of amides is 1. The van der Waals surface area contributed by atoms with Gasteiger partial charge in [0.25, 0.3) is 0 Å². The number of hydrogen-bond acceptors (Lipinski definition) is 6. The van der Waals surface area contributed by atoms with Crippen LogP contribution in [0.3, 0.4) is 0 Å². The average molecular weight is 373 g/mol. The third-order valence-electron chi connectivity index (χ3n) is 3.34. The molecule has 126 valence electrons. The Labute approximate surface area is 150 Å². The Kier molecular flexibility index (Phi) is 6.43. The molecule has 2 unspecified atom stereocenters. The van der Waals surface area contributed by atoms with E-state index in [4.69, 9.17) is 4.74 Å². The van der Waals surface area contributed by atoms with E-state index in [0.717, 1.165) is 10.2 Å². The van der Waals surface area contributed by atoms with Crippen molar-refractivity contribution in [3.05, 3.63) is 33.9 Å². The summed E-state index contributed by atoms with van der Waals surface area (Å²) in [5.74, 6) is 0. The maximum Gasteiger partial charge on any atom is 0.411 e. The van der Waals surface area contributed by atoms with Crippen LogP contribution in [0, 0.1) is 0 Å². The minimum absolute atomic E-state index is 0.00659. The van der Waals surface area contributed by atoms with E-state index in [9.17, 15) is 9.59 Å². The fraction of sp³-hybridized carbons (Fsp3) is 0.467. The first-order valence-electron chi connectivity index (χ1n) is 7.31. The van der Waals surface area contributed by atoms with Gasteiger partial charge in [-0.15, -0.1) is 0 Å². The Morgan fingerprint density at radius 3 is 2.61 bits per heavy atom. The summed E-state index contributed by atoms with van der Waals surface area (Å²) in [5.41, 5.74) is 0.920. The zero-order valence-electron chi connectivity index (χ0n) is 13.0. The van der Waals surface area contributed by atoms with E-state index in [1.165, 1.54) is 16.2 Å². The van der Waals surface area contributed by atoms with Crippen LogP contribution in [0.2, 0.25) is 0 Å². The molecule has 2 aromatic rings. The maximum atomic E-state index is 12.0. The highest BCUT2D eigenvalue weighted by atomic mass is 32.1. The highest BCUT2D eigenvalue weighted by Crippen LogP contribution is 2.17. The van der Waals surface area contributed by atoms with Crippen LogP contribution in [-0.2, 0) is 11.3 Å². The number of rotatable bonds is 6. The van der Waals surface area contributed by atoms with Gasteiger partial charge in [0.1, 0.15) is 0 Å². The van der Waals surface area contributed by atoms with Crippen molar-refractivity contribution in [3.8, 4) is 0 Å². The Hall–Kier alpha value is -1.12. The SMILES string of the molecule is CC(S)N(C(=O)OCCCn1c(=O)sc2ccccc21)C(C)S. The summed E-state index contributed by atoms with van der Waals surface area (Å²) in [7, 11) is 0. The molecule has 0 fully saturated rings. The molecule has 0 saturated heterocycles. The van der Waals surface area contributed by atoms with Gasteiger partial charge in [0.05, 0.1) is 27.6 Å². The molecule has 0 saturated carbocycles. The molecular weight excluding hydrogens is 352 g/mol. The first-order chi connectivity index (χ1) is 10.9. The first-order valence-corrected chi connectivity index (χ1v) is 9.16. The van der Waals surface area contributed by atoms with Crippen molar-refractivity contribution in [2.75, 3.05) is 6.61 Å². The number of thiazole rings is 1. The average Bonchev–Trinajstić information content (AvgIpc) is 2.78. The van der Waals surface area contributed by atoms with Gasteiger partial charge >= 0.3 is 11.0 Å². The fourth-order valence-corrected chi connectivity index (χ4v) is 3.91. The topological polar surface area (TPSA) is 51.5 Å². The van der Waals surface area contributed by atoms with E-state index in [2.05, 4.69) is 25.3 Å². The Morgan fingerprint density at radius 1 is 1.30 bits per heavy atom. The minimum Gasteiger partial charge on any atom is -0.449 e. The lowest BCUT2D eigenvalue weighted by molar-refractivity contribution is 0.0968. The third-order valence-corrected chi connectivity index (χ3v) is 4.80. The number of benzene rings is 1. The van der Waals surface area contributed by atoms with Crippen LogP contribution in [0.15, 0.2) is 29.1 Å². The fourth-order valence-electron chi connectivity index (χ4n) is 2.30. The molecule has 5 nitrogen and oxygen atoms in total. The number of nitrogens with zero attached hydrogens (tertiary/aromatic N) is 2. The summed E-state index contributed by atoms with van der Waals surface area (Å²) < 4.78 is 7.94. The number of thiol groups is 2. The normalized spacial score (nSPS) is 13.7. The lowest BCUT2D eigenvalue weighted by atomic mass is 10.3. The molecule has 1 heterocycles. The van der Waals surface area contributed by atoms with Crippen LogP contribution in [-0.4, -0.2) is 32.9 Å². The third kappa shape index (κ3) is 4.45. The second-order valence-corrected chi connectivity index (χ2v) is 7.61. The molecular formula is C15H20N2O3S3. The van der Waals surface area contributed by atoms with E-state index in [0.29, 0.717) is 13.0 Å². The molecule has 0 spiro atoms. The monoisotopic (exact) mass is 372 g/mol. The molecule has 0 aliphatic rings. The van der Waals surface area contributed by atoms with Crippen LogP contribution in [0.4, 0.5) is 4.79 Å². The summed E-state index contributed by atoms with van der Waals surface area (Å²) in [6.45, 7) is 4.33. The van der Waals surface area contributed by atoms with Crippen LogP contribution < -0.4 is 4.87 Å². The summed E-state index contributed by atoms with van der Waals surface area (Å²) in [6.07, 6.45) is 0.125. The number of ether oxygens (including phenoxy) is 1. The van der Waals surface area contributed by atoms with Crippen LogP contribution >= 0.6 is 36.6 Å². The van der Waals surface area contributed by atoms with Crippen LogP contribution in [0.1, 0.15) is 20.3 Å². The molecule has 0 aliphatic carbocycles. The summed E-state index contributed by atoms with van der Waals surface area (Å²) in [4.78, 5) is 25.5. The van der Waals surface area contributed by atoms with Crippen molar-refractivity contribution in [1.82, 2.24) is 9.47 Å². The number of hydrogen-bond donors (Lipinski definition) is 2. The van der Waals surface area contributed by atoms with Gasteiger partial charge in [0, 0.05) is 6.54 Å². The second-order valence-electron chi connectivity index (χ2n) is 5.13. The molecule has 1 aromatic carbocycles. The summed E-state index contributed by atoms with van der Waals surface area (Å²) >= 11 is 9.73. The van der Waals surface area contributed by atoms with Gasteiger partial charge in [-0.3, -0.25) is 14.3 Å². The van der Waals surface area contributed by atoms with Gasteiger partial charge in [0.2, 0.25) is 0 Å². The highest BCUT2D eigenvalue weighted by molar-refractivity contribution is 7.81. The van der Waals surface area contributed by atoms with E-state index in [-0.39, 0.29) is 22.2 Å². The van der Waals surface area contributed by atoms with E-state index in [1.807, 2.05) is 24.3 Å². The standard InChI is InChI=1S/C15H20N2O3S3/c1-10(21)17(11(2)22)14(18)20-9-5-8-16-12-6-3-4-7-13(12)23-15(16)19/h3-4,6-7,10-11,21-22H,5,8-9H2,1-2H3. The van der Waals surface area contributed by atoms with Crippen molar-refractivity contribution in [1.29, 1.82) is 0 Å². The number of carbonyl (C=O) groups is 1. The van der Waals surface area contributed by atoms with Gasteiger partial charge < -0.3 is 4.74 Å². The predicted octanol–water partition coefficient (Wildman–Crippen LogP) is 3.44. The van der Waals surface area contributed by atoms with Gasteiger partial charge in [-0.25, -0.2) is 4.79 Å². The number of fused-ring (bicyclic) bond motifs is 1. The highest BCUT2D eigenvalue weighted by Gasteiger charge is 2.22. The molecule has 0 radical (unpaired) electrons. The van der Waals surface area contributed by atoms with Gasteiger partial charge in [0.15, 0.2) is 0 Å². The second kappa shape index (κ2) is 8.12. The Bertz CT molecular complexity index is 716. The van der Waals surface area contributed by atoms with Gasteiger partial charge in [-0.05, 0) is 32.4 Å². The molecule has 0 N–H and O–H groups in total. The zero-order valence-corrected chi connectivity index (χ0v) is 15.6. The summed E-state index contributed by atoms with van der Waals surface area (Å²) in [5, 5.41) is -0.558. The number of aromatic nitrogens is 1. The summed E-state index contributed by atoms with van der Waals surface area (Å²) in [6, 6.07) is 7.67. The van der Waals surface area contributed by atoms with Crippen molar-refractivity contribution in [3.63, 3.8) is 0 Å². The van der Waals surface area contributed by atoms with Crippen molar-refractivity contribution in [2.24, 2.45) is 0 Å². The lowest BCUT2D eigenvalue weighted by Gasteiger charge is -2.28. The Morgan fingerprint density at radius 2 is 1.96 bits per heavy atom. The first kappa shape index (κ1) is 18.2. The quantitative estimate of drug-likeness (QED) is 0.464. The largest absolute Gasteiger partial charge is 0.449 e. The number of carbonyl (C=O) groups excluding carboxylic acids is 1. The maximum absolute atomic E-state index is 12.0. The van der Waals surface area contributed by atoms with Crippen molar-refractivity contribution < 1.29 is 9.53 Å². The predicted molar refractivity (Wildman–Crippen MR) is 101 cm³/mol. The molecule has 8 heteroatoms. The number of aryl methyl sites for hydroxylation is 1. The molecule has 0 aliphatic heterocycles. The van der Waals surface area contributed by atoms with E-state index in [1.54, 1.807) is 18.4 Å². The van der Waals surface area contributed by atoms with Crippen molar-refractivity contribution >= 4 is 52.9 Å². The molecule has 0 bridgehead atoms. The molecule has 1 aromatic heterocycles. The minimum atomic E-state index is -0.447.